The Morgan fingerprint density at radius 1 is 1.14 bits per heavy atom. The van der Waals surface area contributed by atoms with E-state index in [1.165, 1.54) is 35.1 Å². The van der Waals surface area contributed by atoms with E-state index in [1.54, 1.807) is 16.5 Å². The van der Waals surface area contributed by atoms with Crippen LogP contribution in [0.4, 0.5) is 10.5 Å². The van der Waals surface area contributed by atoms with E-state index in [0.717, 1.165) is 43.5 Å². The molecule has 4 rings (SSSR count). The van der Waals surface area contributed by atoms with E-state index in [1.807, 2.05) is 6.07 Å². The van der Waals surface area contributed by atoms with Crippen molar-refractivity contribution in [2.45, 2.75) is 38.5 Å². The number of anilines is 1. The molecule has 0 bridgehead atoms. The molecule has 0 unspecified atom stereocenters. The Bertz CT molecular complexity index is 679. The van der Waals surface area contributed by atoms with Crippen molar-refractivity contribution in [3.63, 3.8) is 0 Å². The van der Waals surface area contributed by atoms with Gasteiger partial charge in [-0.25, -0.2) is 4.79 Å². The lowest BCUT2D eigenvalue weighted by Crippen LogP contribution is -2.25. The first-order valence-corrected chi connectivity index (χ1v) is 8.49. The maximum Gasteiger partial charge on any atom is 0.330 e. The maximum absolute atomic E-state index is 12.2. The molecular formula is C16H18N4OS. The van der Waals surface area contributed by atoms with Crippen LogP contribution < -0.4 is 10.0 Å². The predicted molar refractivity (Wildman–Crippen MR) is 87.9 cm³/mol. The highest BCUT2D eigenvalue weighted by Gasteiger charge is 2.24. The Kier molecular flexibility index (Phi) is 3.54. The van der Waals surface area contributed by atoms with Crippen molar-refractivity contribution in [1.82, 2.24) is 13.9 Å². The van der Waals surface area contributed by atoms with Crippen LogP contribution in [-0.2, 0) is 25.7 Å². The van der Waals surface area contributed by atoms with Crippen molar-refractivity contribution in [3.8, 4) is 0 Å². The minimum absolute atomic E-state index is 0.185. The summed E-state index contributed by atoms with van der Waals surface area (Å²) in [7, 11) is 0. The lowest BCUT2D eigenvalue weighted by molar-refractivity contribution is 0.257. The zero-order valence-electron chi connectivity index (χ0n) is 12.3. The fourth-order valence-electron chi connectivity index (χ4n) is 3.50. The van der Waals surface area contributed by atoms with E-state index in [9.17, 15) is 4.79 Å². The van der Waals surface area contributed by atoms with Gasteiger partial charge in [-0.15, -0.1) is 0 Å². The molecule has 5 nitrogen and oxygen atoms in total. The van der Waals surface area contributed by atoms with E-state index < -0.39 is 0 Å². The van der Waals surface area contributed by atoms with Crippen LogP contribution in [0.15, 0.2) is 24.5 Å². The van der Waals surface area contributed by atoms with Crippen LogP contribution in [-0.4, -0.2) is 15.2 Å². The highest BCUT2D eigenvalue weighted by Crippen LogP contribution is 2.38. The van der Waals surface area contributed by atoms with Crippen molar-refractivity contribution >= 4 is 23.9 Å². The summed E-state index contributed by atoms with van der Waals surface area (Å²) in [4.78, 5) is 12.2. The molecule has 1 aromatic heterocycles. The second-order valence-electron chi connectivity index (χ2n) is 5.79. The number of fused-ring (bicyclic) bond motifs is 2. The molecule has 0 radical (unpaired) electrons. The highest BCUT2D eigenvalue weighted by atomic mass is 32.2. The highest BCUT2D eigenvalue weighted by molar-refractivity contribution is 7.96. The summed E-state index contributed by atoms with van der Waals surface area (Å²) in [5, 5.41) is 7.14. The number of hydrogen-bond acceptors (Lipinski definition) is 3. The Labute approximate surface area is 133 Å². The molecule has 114 valence electrons. The molecule has 0 fully saturated rings. The van der Waals surface area contributed by atoms with Crippen LogP contribution in [0, 0.1) is 0 Å². The molecule has 0 atom stereocenters. The lowest BCUT2D eigenvalue weighted by Gasteiger charge is -2.16. The van der Waals surface area contributed by atoms with Gasteiger partial charge in [0.2, 0.25) is 0 Å². The molecule has 0 saturated heterocycles. The van der Waals surface area contributed by atoms with Gasteiger partial charge in [-0.1, -0.05) is 6.07 Å². The van der Waals surface area contributed by atoms with Gasteiger partial charge in [-0.2, -0.15) is 9.19 Å². The van der Waals surface area contributed by atoms with Crippen molar-refractivity contribution < 1.29 is 4.79 Å². The standard InChI is InChI=1S/C16H18N4OS/c21-16(19-22-20-9-3-8-17-20)18-15-13-6-1-4-11(13)10-12-5-2-7-14(12)15/h3,8-10H,1-2,4-7H2,(H2,18,19,21). The van der Waals surface area contributed by atoms with Crippen LogP contribution in [0.25, 0.3) is 0 Å². The van der Waals surface area contributed by atoms with Gasteiger partial charge >= 0.3 is 6.03 Å². The van der Waals surface area contributed by atoms with Gasteiger partial charge in [0.05, 0.1) is 18.3 Å². The first kappa shape index (κ1) is 13.7. The number of amides is 2. The molecule has 22 heavy (non-hydrogen) atoms. The van der Waals surface area contributed by atoms with Crippen LogP contribution in [0.3, 0.4) is 0 Å². The third-order valence-electron chi connectivity index (χ3n) is 4.42. The second kappa shape index (κ2) is 5.68. The van der Waals surface area contributed by atoms with Gasteiger partial charge in [-0.05, 0) is 66.8 Å². The van der Waals surface area contributed by atoms with E-state index >= 15 is 0 Å². The van der Waals surface area contributed by atoms with Gasteiger partial charge < -0.3 is 5.32 Å². The van der Waals surface area contributed by atoms with Crippen LogP contribution in [0.1, 0.15) is 35.1 Å². The summed E-state index contributed by atoms with van der Waals surface area (Å²) in [6.07, 6.45) is 10.3. The SMILES string of the molecule is O=C(NSn1cccn1)Nc1c2c(cc3c1CCC3)CCC2. The molecule has 2 amide bonds. The van der Waals surface area contributed by atoms with Crippen LogP contribution in [0.5, 0.6) is 0 Å². The molecule has 1 aromatic carbocycles. The van der Waals surface area contributed by atoms with Crippen LogP contribution >= 0.6 is 12.1 Å². The summed E-state index contributed by atoms with van der Waals surface area (Å²) in [5.41, 5.74) is 6.62. The predicted octanol–water partition coefficient (Wildman–Crippen LogP) is 3.09. The van der Waals surface area contributed by atoms with Crippen LogP contribution in [0.2, 0.25) is 0 Å². The number of carbonyl (C=O) groups is 1. The number of urea groups is 1. The maximum atomic E-state index is 12.2. The number of hydrogen-bond donors (Lipinski definition) is 2. The second-order valence-corrected chi connectivity index (χ2v) is 6.55. The molecule has 0 aliphatic heterocycles. The Hall–Kier alpha value is -1.95. The molecule has 2 aliphatic rings. The fourth-order valence-corrected chi connectivity index (χ4v) is 3.96. The number of benzene rings is 1. The van der Waals surface area contributed by atoms with E-state index in [0.29, 0.717) is 0 Å². The Balaban J connectivity index is 1.54. The summed E-state index contributed by atoms with van der Waals surface area (Å²) in [5.74, 6) is 0. The number of carbonyl (C=O) groups excluding carboxylic acids is 1. The molecule has 2 N–H and O–H groups in total. The molecule has 1 heterocycles. The quantitative estimate of drug-likeness (QED) is 0.856. The first-order chi connectivity index (χ1) is 10.8. The summed E-state index contributed by atoms with van der Waals surface area (Å²) < 4.78 is 4.39. The topological polar surface area (TPSA) is 59.0 Å². The van der Waals surface area contributed by atoms with Gasteiger partial charge in [0, 0.05) is 11.9 Å². The largest absolute Gasteiger partial charge is 0.330 e. The molecule has 0 saturated carbocycles. The summed E-state index contributed by atoms with van der Waals surface area (Å²) >= 11 is 1.16. The molecule has 0 spiro atoms. The minimum atomic E-state index is -0.185. The van der Waals surface area contributed by atoms with E-state index in [-0.39, 0.29) is 6.03 Å². The number of aryl methyl sites for hydroxylation is 2. The van der Waals surface area contributed by atoms with E-state index in [2.05, 4.69) is 21.2 Å². The third kappa shape index (κ3) is 2.47. The first-order valence-electron chi connectivity index (χ1n) is 7.72. The number of aromatic nitrogens is 2. The summed E-state index contributed by atoms with van der Waals surface area (Å²) in [6, 6.07) is 4.00. The lowest BCUT2D eigenvalue weighted by atomic mass is 9.99. The normalized spacial score (nSPS) is 15.5. The summed E-state index contributed by atoms with van der Waals surface area (Å²) in [6.45, 7) is 0. The zero-order valence-corrected chi connectivity index (χ0v) is 13.1. The van der Waals surface area contributed by atoms with Gasteiger partial charge in [0.25, 0.3) is 0 Å². The van der Waals surface area contributed by atoms with Crippen molar-refractivity contribution in [2.24, 2.45) is 0 Å². The average molecular weight is 314 g/mol. The average Bonchev–Trinajstić information content (AvgIpc) is 3.25. The number of nitrogens with one attached hydrogen (secondary N) is 2. The van der Waals surface area contributed by atoms with E-state index in [4.69, 9.17) is 0 Å². The van der Waals surface area contributed by atoms with Gasteiger partial charge in [0.1, 0.15) is 0 Å². The zero-order chi connectivity index (χ0) is 14.9. The third-order valence-corrected chi connectivity index (χ3v) is 5.10. The van der Waals surface area contributed by atoms with Crippen molar-refractivity contribution in [1.29, 1.82) is 0 Å². The monoisotopic (exact) mass is 314 g/mol. The molecule has 2 aliphatic carbocycles. The van der Waals surface area contributed by atoms with Gasteiger partial charge in [0.15, 0.2) is 0 Å². The molecular weight excluding hydrogens is 296 g/mol. The number of nitrogens with zero attached hydrogens (tertiary/aromatic N) is 2. The fraction of sp³-hybridized carbons (Fsp3) is 0.375. The number of rotatable bonds is 3. The minimum Gasteiger partial charge on any atom is -0.307 e. The van der Waals surface area contributed by atoms with Crippen molar-refractivity contribution in [2.75, 3.05) is 5.32 Å². The smallest absolute Gasteiger partial charge is 0.307 e. The van der Waals surface area contributed by atoms with Crippen molar-refractivity contribution in [3.05, 3.63) is 46.8 Å². The molecule has 6 heteroatoms. The Morgan fingerprint density at radius 3 is 2.50 bits per heavy atom. The van der Waals surface area contributed by atoms with Gasteiger partial charge in [-0.3, -0.25) is 4.72 Å². The Morgan fingerprint density at radius 2 is 1.86 bits per heavy atom. The molecule has 2 aromatic rings.